The molecule has 0 heterocycles. The van der Waals surface area contributed by atoms with Gasteiger partial charge in [0.1, 0.15) is 0 Å². The predicted molar refractivity (Wildman–Crippen MR) is 72.4 cm³/mol. The van der Waals surface area contributed by atoms with Gasteiger partial charge in [0, 0.05) is 37.3 Å². The summed E-state index contributed by atoms with van der Waals surface area (Å²) in [4.78, 5) is 23.3. The molecule has 6 nitrogen and oxygen atoms in total. The van der Waals surface area contributed by atoms with E-state index >= 15 is 0 Å². The number of anilines is 1. The average molecular weight is 266 g/mol. The number of rotatable bonds is 6. The molecule has 0 aliphatic rings. The Morgan fingerprint density at radius 2 is 2.16 bits per heavy atom. The fraction of sp³-hybridized carbons (Fsp3) is 0.462. The zero-order valence-corrected chi connectivity index (χ0v) is 11.4. The SMILES string of the molecule is COC(=O)CCCN(C)c1ccc([N+](=O)[O-])c(C)c1. The van der Waals surface area contributed by atoms with Crippen molar-refractivity contribution in [2.75, 3.05) is 25.6 Å². The number of carbonyl (C=O) groups is 1. The van der Waals surface area contributed by atoms with Crippen molar-refractivity contribution in [3.63, 3.8) is 0 Å². The molecule has 0 aromatic heterocycles. The molecule has 0 spiro atoms. The van der Waals surface area contributed by atoms with Gasteiger partial charge in [-0.25, -0.2) is 0 Å². The molecule has 0 fully saturated rings. The van der Waals surface area contributed by atoms with E-state index in [2.05, 4.69) is 4.74 Å². The minimum atomic E-state index is -0.392. The van der Waals surface area contributed by atoms with Crippen molar-refractivity contribution < 1.29 is 14.5 Å². The first kappa shape index (κ1) is 14.9. The van der Waals surface area contributed by atoms with Crippen molar-refractivity contribution in [1.29, 1.82) is 0 Å². The molecular formula is C13H18N2O4. The van der Waals surface area contributed by atoms with Gasteiger partial charge in [0.2, 0.25) is 0 Å². The topological polar surface area (TPSA) is 72.7 Å². The first-order valence-corrected chi connectivity index (χ1v) is 5.98. The van der Waals surface area contributed by atoms with Crippen LogP contribution in [0.25, 0.3) is 0 Å². The van der Waals surface area contributed by atoms with E-state index in [1.54, 1.807) is 19.1 Å². The molecule has 0 atom stereocenters. The number of nitrogens with zero attached hydrogens (tertiary/aromatic N) is 2. The minimum Gasteiger partial charge on any atom is -0.469 e. The fourth-order valence-electron chi connectivity index (χ4n) is 1.77. The number of nitro groups is 1. The normalized spacial score (nSPS) is 10.1. The molecule has 104 valence electrons. The van der Waals surface area contributed by atoms with Gasteiger partial charge in [-0.15, -0.1) is 0 Å². The molecule has 0 bridgehead atoms. The minimum absolute atomic E-state index is 0.117. The van der Waals surface area contributed by atoms with Crippen molar-refractivity contribution in [2.24, 2.45) is 0 Å². The van der Waals surface area contributed by atoms with Crippen LogP contribution in [0.15, 0.2) is 18.2 Å². The van der Waals surface area contributed by atoms with Crippen molar-refractivity contribution >= 4 is 17.3 Å². The van der Waals surface area contributed by atoms with E-state index in [9.17, 15) is 14.9 Å². The summed E-state index contributed by atoms with van der Waals surface area (Å²) >= 11 is 0. The van der Waals surface area contributed by atoms with Crippen LogP contribution in [0.1, 0.15) is 18.4 Å². The smallest absolute Gasteiger partial charge is 0.305 e. The zero-order valence-electron chi connectivity index (χ0n) is 11.4. The Hall–Kier alpha value is -2.11. The summed E-state index contributed by atoms with van der Waals surface area (Å²) in [6, 6.07) is 4.99. The van der Waals surface area contributed by atoms with Gasteiger partial charge in [-0.2, -0.15) is 0 Å². The van der Waals surface area contributed by atoms with Crippen LogP contribution in [0.5, 0.6) is 0 Å². The van der Waals surface area contributed by atoms with Crippen LogP contribution in [-0.4, -0.2) is 31.6 Å². The molecule has 6 heteroatoms. The van der Waals surface area contributed by atoms with Crippen LogP contribution in [0, 0.1) is 17.0 Å². The van der Waals surface area contributed by atoms with Gasteiger partial charge in [-0.1, -0.05) is 0 Å². The van der Waals surface area contributed by atoms with Crippen LogP contribution in [0.3, 0.4) is 0 Å². The maximum absolute atomic E-state index is 11.0. The third-order valence-corrected chi connectivity index (χ3v) is 2.92. The Morgan fingerprint density at radius 3 is 2.68 bits per heavy atom. The summed E-state index contributed by atoms with van der Waals surface area (Å²) in [5, 5.41) is 10.7. The standard InChI is InChI=1S/C13H18N2O4/c1-10-9-11(6-7-12(10)15(17)18)14(2)8-4-5-13(16)19-3/h6-7,9H,4-5,8H2,1-3H3. The highest BCUT2D eigenvalue weighted by Crippen LogP contribution is 2.23. The van der Waals surface area contributed by atoms with E-state index in [-0.39, 0.29) is 11.7 Å². The highest BCUT2D eigenvalue weighted by atomic mass is 16.6. The molecule has 1 aromatic rings. The third kappa shape index (κ3) is 4.24. The summed E-state index contributed by atoms with van der Waals surface area (Å²) in [7, 11) is 3.25. The molecule has 1 aromatic carbocycles. The van der Waals surface area contributed by atoms with E-state index in [0.29, 0.717) is 24.9 Å². The van der Waals surface area contributed by atoms with E-state index in [4.69, 9.17) is 0 Å². The number of nitro benzene ring substituents is 1. The lowest BCUT2D eigenvalue weighted by Gasteiger charge is -2.19. The van der Waals surface area contributed by atoms with Crippen molar-refractivity contribution in [2.45, 2.75) is 19.8 Å². The lowest BCUT2D eigenvalue weighted by molar-refractivity contribution is -0.385. The molecule has 0 amide bonds. The number of hydrogen-bond donors (Lipinski definition) is 0. The Kier molecular flexibility index (Phi) is 5.29. The Morgan fingerprint density at radius 1 is 1.47 bits per heavy atom. The van der Waals surface area contributed by atoms with Crippen LogP contribution in [-0.2, 0) is 9.53 Å². The molecule has 0 aliphatic heterocycles. The van der Waals surface area contributed by atoms with Crippen LogP contribution < -0.4 is 4.90 Å². The maximum Gasteiger partial charge on any atom is 0.305 e. The number of carbonyl (C=O) groups excluding carboxylic acids is 1. The number of ether oxygens (including phenoxy) is 1. The average Bonchev–Trinajstić information content (AvgIpc) is 2.37. The number of hydrogen-bond acceptors (Lipinski definition) is 5. The largest absolute Gasteiger partial charge is 0.469 e. The molecule has 0 radical (unpaired) electrons. The van der Waals surface area contributed by atoms with Gasteiger partial charge < -0.3 is 9.64 Å². The molecular weight excluding hydrogens is 248 g/mol. The lowest BCUT2D eigenvalue weighted by Crippen LogP contribution is -2.19. The molecule has 1 rings (SSSR count). The Bertz CT molecular complexity index is 474. The second kappa shape index (κ2) is 6.72. The summed E-state index contributed by atoms with van der Waals surface area (Å²) in [6.07, 6.45) is 1.05. The monoisotopic (exact) mass is 266 g/mol. The van der Waals surface area contributed by atoms with E-state index < -0.39 is 4.92 Å². The van der Waals surface area contributed by atoms with Crippen LogP contribution in [0.2, 0.25) is 0 Å². The molecule has 0 aliphatic carbocycles. The third-order valence-electron chi connectivity index (χ3n) is 2.92. The van der Waals surface area contributed by atoms with Gasteiger partial charge in [0.05, 0.1) is 12.0 Å². The first-order valence-electron chi connectivity index (χ1n) is 5.98. The van der Waals surface area contributed by atoms with Crippen molar-refractivity contribution in [1.82, 2.24) is 0 Å². The number of aryl methyl sites for hydroxylation is 1. The Labute approximate surface area is 112 Å². The number of benzene rings is 1. The van der Waals surface area contributed by atoms with Crippen LogP contribution in [0.4, 0.5) is 11.4 Å². The molecule has 0 saturated heterocycles. The second-order valence-corrected chi connectivity index (χ2v) is 4.33. The van der Waals surface area contributed by atoms with Gasteiger partial charge in [0.25, 0.3) is 5.69 Å². The molecule has 0 unspecified atom stereocenters. The number of methoxy groups -OCH3 is 1. The second-order valence-electron chi connectivity index (χ2n) is 4.33. The van der Waals surface area contributed by atoms with E-state index in [1.807, 2.05) is 11.9 Å². The quantitative estimate of drug-likeness (QED) is 0.448. The molecule has 0 saturated carbocycles. The highest BCUT2D eigenvalue weighted by Gasteiger charge is 2.12. The maximum atomic E-state index is 11.0. The number of esters is 1. The zero-order chi connectivity index (χ0) is 14.4. The fourth-order valence-corrected chi connectivity index (χ4v) is 1.77. The van der Waals surface area contributed by atoms with E-state index in [0.717, 1.165) is 5.69 Å². The Balaban J connectivity index is 2.62. The van der Waals surface area contributed by atoms with Gasteiger partial charge in [-0.3, -0.25) is 14.9 Å². The highest BCUT2D eigenvalue weighted by molar-refractivity contribution is 5.69. The van der Waals surface area contributed by atoms with Gasteiger partial charge in [-0.05, 0) is 25.5 Å². The predicted octanol–water partition coefficient (Wildman–Crippen LogP) is 2.29. The van der Waals surface area contributed by atoms with E-state index in [1.165, 1.54) is 13.2 Å². The summed E-state index contributed by atoms with van der Waals surface area (Å²) < 4.78 is 4.57. The summed E-state index contributed by atoms with van der Waals surface area (Å²) in [6.45, 7) is 2.40. The van der Waals surface area contributed by atoms with Gasteiger partial charge in [0.15, 0.2) is 0 Å². The van der Waals surface area contributed by atoms with Crippen molar-refractivity contribution in [3.05, 3.63) is 33.9 Å². The summed E-state index contributed by atoms with van der Waals surface area (Å²) in [5.41, 5.74) is 1.64. The van der Waals surface area contributed by atoms with Crippen molar-refractivity contribution in [3.8, 4) is 0 Å². The molecule has 19 heavy (non-hydrogen) atoms. The van der Waals surface area contributed by atoms with Crippen LogP contribution >= 0.6 is 0 Å². The molecule has 0 N–H and O–H groups in total. The van der Waals surface area contributed by atoms with Gasteiger partial charge >= 0.3 is 5.97 Å². The summed E-state index contributed by atoms with van der Waals surface area (Å²) in [5.74, 6) is -0.228. The lowest BCUT2D eigenvalue weighted by atomic mass is 10.1. The first-order chi connectivity index (χ1) is 8.95.